The van der Waals surface area contributed by atoms with Gasteiger partial charge in [-0.15, -0.1) is 0 Å². The van der Waals surface area contributed by atoms with Crippen molar-refractivity contribution < 1.29 is 38.0 Å². The average molecular weight is 548 g/mol. The minimum atomic E-state index is -0.890. The summed E-state index contributed by atoms with van der Waals surface area (Å²) in [6.07, 6.45) is -0.173. The maximum Gasteiger partial charge on any atom is 0.343 e. The Labute approximate surface area is 230 Å². The average Bonchev–Trinajstić information content (AvgIpc) is 3.44. The molecule has 208 valence electrons. The first-order chi connectivity index (χ1) is 19.4. The van der Waals surface area contributed by atoms with E-state index in [-0.39, 0.29) is 42.6 Å². The van der Waals surface area contributed by atoms with E-state index in [1.165, 1.54) is 7.11 Å². The van der Waals surface area contributed by atoms with Gasteiger partial charge in [0.1, 0.15) is 11.3 Å². The number of benzene rings is 3. The van der Waals surface area contributed by atoms with Gasteiger partial charge < -0.3 is 38.5 Å². The molecule has 0 saturated heterocycles. The summed E-state index contributed by atoms with van der Waals surface area (Å²) in [7, 11) is 3.04. The van der Waals surface area contributed by atoms with Gasteiger partial charge in [-0.25, -0.2) is 4.79 Å². The summed E-state index contributed by atoms with van der Waals surface area (Å²) in [4.78, 5) is 26.5. The van der Waals surface area contributed by atoms with Crippen molar-refractivity contribution in [3.8, 4) is 34.5 Å². The molecule has 1 aromatic heterocycles. The number of aromatic hydroxyl groups is 1. The largest absolute Gasteiger partial charge is 0.507 e. The van der Waals surface area contributed by atoms with Gasteiger partial charge in [0, 0.05) is 18.9 Å². The van der Waals surface area contributed by atoms with Gasteiger partial charge in [-0.05, 0) is 54.4 Å². The van der Waals surface area contributed by atoms with Crippen LogP contribution in [0.15, 0.2) is 63.8 Å². The van der Waals surface area contributed by atoms with E-state index in [2.05, 4.69) is 5.32 Å². The van der Waals surface area contributed by atoms with Crippen LogP contribution in [-0.2, 0) is 11.3 Å². The zero-order valence-corrected chi connectivity index (χ0v) is 22.3. The second kappa shape index (κ2) is 11.5. The van der Waals surface area contributed by atoms with Gasteiger partial charge in [0.05, 0.1) is 31.8 Å². The number of nitrogens with one attached hydrogen (secondary N) is 1. The summed E-state index contributed by atoms with van der Waals surface area (Å²) in [5.74, 6) is 0.869. The van der Waals surface area contributed by atoms with Gasteiger partial charge in [0.2, 0.25) is 18.4 Å². The minimum absolute atomic E-state index is 0.00918. The van der Waals surface area contributed by atoms with Gasteiger partial charge in [0.25, 0.3) is 0 Å². The van der Waals surface area contributed by atoms with E-state index in [0.717, 1.165) is 5.56 Å². The van der Waals surface area contributed by atoms with Gasteiger partial charge in [-0.3, -0.25) is 4.79 Å². The predicted molar refractivity (Wildman–Crippen MR) is 146 cm³/mol. The van der Waals surface area contributed by atoms with E-state index < -0.39 is 11.5 Å². The minimum Gasteiger partial charge on any atom is -0.507 e. The van der Waals surface area contributed by atoms with E-state index >= 15 is 0 Å². The maximum absolute atomic E-state index is 13.3. The second-order valence-corrected chi connectivity index (χ2v) is 9.06. The summed E-state index contributed by atoms with van der Waals surface area (Å²) < 4.78 is 33.0. The molecule has 40 heavy (non-hydrogen) atoms. The van der Waals surface area contributed by atoms with Crippen LogP contribution >= 0.6 is 0 Å². The maximum atomic E-state index is 13.3. The SMILES string of the molecule is CCOc1cc(CNC(=O)CC(c2cc(OC)c3c(c2)OCO3)c2c(O)c3ccccc3oc2=O)ccc1OC. The van der Waals surface area contributed by atoms with Crippen molar-refractivity contribution in [1.29, 1.82) is 0 Å². The van der Waals surface area contributed by atoms with Gasteiger partial charge in [-0.2, -0.15) is 0 Å². The van der Waals surface area contributed by atoms with Crippen molar-refractivity contribution in [2.45, 2.75) is 25.8 Å². The number of carbonyl (C=O) groups is 1. The molecule has 3 aromatic carbocycles. The molecule has 0 bridgehead atoms. The summed E-state index contributed by atoms with van der Waals surface area (Å²) in [6, 6.07) is 15.4. The molecule has 2 N–H and O–H groups in total. The molecule has 10 heteroatoms. The van der Waals surface area contributed by atoms with Crippen molar-refractivity contribution in [3.63, 3.8) is 0 Å². The Morgan fingerprint density at radius 1 is 1.02 bits per heavy atom. The summed E-state index contributed by atoms with van der Waals surface area (Å²) in [6.45, 7) is 2.55. The van der Waals surface area contributed by atoms with Crippen molar-refractivity contribution in [1.82, 2.24) is 5.32 Å². The molecule has 0 fully saturated rings. The lowest BCUT2D eigenvalue weighted by molar-refractivity contribution is -0.121. The molecule has 0 aliphatic carbocycles. The van der Waals surface area contributed by atoms with Crippen LogP contribution in [0.1, 0.15) is 36.0 Å². The van der Waals surface area contributed by atoms with Crippen LogP contribution in [0, 0.1) is 0 Å². The predicted octanol–water partition coefficient (Wildman–Crippen LogP) is 4.48. The first-order valence-corrected chi connectivity index (χ1v) is 12.7. The van der Waals surface area contributed by atoms with Gasteiger partial charge in [0.15, 0.2) is 23.0 Å². The van der Waals surface area contributed by atoms with Crippen LogP contribution in [0.5, 0.6) is 34.5 Å². The molecule has 1 aliphatic rings. The second-order valence-electron chi connectivity index (χ2n) is 9.06. The number of amides is 1. The Bertz CT molecular complexity index is 1610. The number of ether oxygens (including phenoxy) is 5. The van der Waals surface area contributed by atoms with Crippen molar-refractivity contribution in [2.75, 3.05) is 27.6 Å². The molecule has 0 radical (unpaired) electrons. The number of rotatable bonds is 10. The van der Waals surface area contributed by atoms with Crippen LogP contribution in [0.2, 0.25) is 0 Å². The lowest BCUT2D eigenvalue weighted by Crippen LogP contribution is -2.26. The van der Waals surface area contributed by atoms with Crippen molar-refractivity contribution in [3.05, 3.63) is 81.7 Å². The molecule has 2 heterocycles. The summed E-state index contributed by atoms with van der Waals surface area (Å²) in [5, 5.41) is 14.5. The van der Waals surface area contributed by atoms with Crippen LogP contribution in [-0.4, -0.2) is 38.6 Å². The van der Waals surface area contributed by atoms with Crippen molar-refractivity contribution >= 4 is 16.9 Å². The zero-order valence-electron chi connectivity index (χ0n) is 22.3. The molecular weight excluding hydrogens is 518 g/mol. The molecule has 10 nitrogen and oxygen atoms in total. The third kappa shape index (κ3) is 5.20. The standard InChI is InChI=1S/C30H29NO9/c1-4-37-23-11-17(9-10-22(23)35-2)15-31-26(32)14-20(18-12-24(36-3)29-25(13-18)38-16-39-29)27-28(33)19-7-5-6-8-21(19)40-30(27)34/h5-13,20,33H,4,14-16H2,1-3H3,(H,31,32). The Hall–Kier alpha value is -4.86. The monoisotopic (exact) mass is 547 g/mol. The fourth-order valence-corrected chi connectivity index (χ4v) is 4.75. The summed E-state index contributed by atoms with van der Waals surface area (Å²) in [5.41, 5.74) is 0.758. The Kier molecular flexibility index (Phi) is 7.68. The van der Waals surface area contributed by atoms with Crippen molar-refractivity contribution in [2.24, 2.45) is 0 Å². The Morgan fingerprint density at radius 3 is 2.60 bits per heavy atom. The lowest BCUT2D eigenvalue weighted by atomic mass is 9.87. The number of fused-ring (bicyclic) bond motifs is 2. The number of para-hydroxylation sites is 1. The Balaban J connectivity index is 1.50. The van der Waals surface area contributed by atoms with E-state index in [0.29, 0.717) is 46.3 Å². The molecule has 1 aliphatic heterocycles. The number of hydrogen-bond acceptors (Lipinski definition) is 9. The number of methoxy groups -OCH3 is 2. The lowest BCUT2D eigenvalue weighted by Gasteiger charge is -2.20. The normalized spacial score (nSPS) is 12.7. The van der Waals surface area contributed by atoms with Gasteiger partial charge in [-0.1, -0.05) is 18.2 Å². The molecular formula is C30H29NO9. The molecule has 1 atom stereocenters. The molecule has 4 aromatic rings. The molecule has 1 amide bonds. The number of carbonyl (C=O) groups excluding carboxylic acids is 1. The number of hydrogen-bond donors (Lipinski definition) is 2. The first-order valence-electron chi connectivity index (χ1n) is 12.7. The van der Waals surface area contributed by atoms with E-state index in [9.17, 15) is 14.7 Å². The van der Waals surface area contributed by atoms with E-state index in [4.69, 9.17) is 28.1 Å². The Morgan fingerprint density at radius 2 is 1.82 bits per heavy atom. The first kappa shape index (κ1) is 26.7. The van der Waals surface area contributed by atoms with Crippen LogP contribution < -0.4 is 34.6 Å². The fraction of sp³-hybridized carbons (Fsp3) is 0.267. The van der Waals surface area contributed by atoms with E-state index in [1.807, 2.05) is 13.0 Å². The molecule has 5 rings (SSSR count). The highest BCUT2D eigenvalue weighted by atomic mass is 16.7. The quantitative estimate of drug-likeness (QED) is 0.276. The van der Waals surface area contributed by atoms with E-state index in [1.54, 1.807) is 55.6 Å². The fourth-order valence-electron chi connectivity index (χ4n) is 4.75. The zero-order chi connectivity index (χ0) is 28.2. The highest BCUT2D eigenvalue weighted by Gasteiger charge is 2.30. The van der Waals surface area contributed by atoms with Crippen LogP contribution in [0.3, 0.4) is 0 Å². The topological polar surface area (TPSA) is 126 Å². The third-order valence-electron chi connectivity index (χ3n) is 6.66. The summed E-state index contributed by atoms with van der Waals surface area (Å²) >= 11 is 0. The third-order valence-corrected chi connectivity index (χ3v) is 6.66. The highest BCUT2D eigenvalue weighted by molar-refractivity contribution is 5.85. The molecule has 0 saturated carbocycles. The van der Waals surface area contributed by atoms with Crippen LogP contribution in [0.25, 0.3) is 11.0 Å². The van der Waals surface area contributed by atoms with Crippen LogP contribution in [0.4, 0.5) is 0 Å². The smallest absolute Gasteiger partial charge is 0.343 e. The molecule has 1 unspecified atom stereocenters. The molecule has 0 spiro atoms. The van der Waals surface area contributed by atoms with Gasteiger partial charge >= 0.3 is 5.63 Å². The highest BCUT2D eigenvalue weighted by Crippen LogP contribution is 2.46.